The Bertz CT molecular complexity index is 853. The summed E-state index contributed by atoms with van der Waals surface area (Å²) in [6, 6.07) is 13.9. The lowest BCUT2D eigenvalue weighted by Gasteiger charge is -2.32. The number of fused-ring (bicyclic) bond motifs is 1. The molecule has 2 aromatic carbocycles. The largest absolute Gasteiger partial charge is 0.436 e. The van der Waals surface area contributed by atoms with Crippen molar-refractivity contribution < 1.29 is 4.42 Å². The van der Waals surface area contributed by atoms with E-state index in [1.807, 2.05) is 30.3 Å². The summed E-state index contributed by atoms with van der Waals surface area (Å²) in [5.41, 5.74) is 3.78. The van der Waals surface area contributed by atoms with E-state index in [-0.39, 0.29) is 0 Å². The molecule has 0 spiro atoms. The summed E-state index contributed by atoms with van der Waals surface area (Å²) in [7, 11) is 2.18. The van der Waals surface area contributed by atoms with E-state index in [0.29, 0.717) is 10.9 Å². The number of piperazine rings is 1. The number of likely N-dealkylation sites (N-methyl/N-ethyl adjacent to an activating group) is 1. The number of nitrogens with zero attached hydrogens (tertiary/aromatic N) is 3. The Morgan fingerprint density at radius 1 is 1.08 bits per heavy atom. The van der Waals surface area contributed by atoms with E-state index in [2.05, 4.69) is 34.0 Å². The Morgan fingerprint density at radius 3 is 2.67 bits per heavy atom. The summed E-state index contributed by atoms with van der Waals surface area (Å²) in [5.74, 6) is 0.576. The van der Waals surface area contributed by atoms with Gasteiger partial charge < -0.3 is 9.32 Å². The molecule has 0 unspecified atom stereocenters. The van der Waals surface area contributed by atoms with Gasteiger partial charge in [0.05, 0.1) is 10.6 Å². The minimum Gasteiger partial charge on any atom is -0.436 e. The van der Waals surface area contributed by atoms with Crippen molar-refractivity contribution >= 4 is 22.7 Å². The lowest BCUT2D eigenvalue weighted by atomic mass is 10.2. The van der Waals surface area contributed by atoms with Crippen LogP contribution >= 0.6 is 11.6 Å². The van der Waals surface area contributed by atoms with Gasteiger partial charge in [-0.2, -0.15) is 0 Å². The third-order valence-electron chi connectivity index (χ3n) is 4.56. The zero-order chi connectivity index (χ0) is 16.5. The molecule has 0 radical (unpaired) electrons. The van der Waals surface area contributed by atoms with E-state index in [0.717, 1.165) is 49.4 Å². The summed E-state index contributed by atoms with van der Waals surface area (Å²) in [4.78, 5) is 9.48. The highest BCUT2D eigenvalue weighted by molar-refractivity contribution is 6.33. The Hall–Kier alpha value is -1.88. The number of hydrogen-bond acceptors (Lipinski definition) is 4. The minimum absolute atomic E-state index is 0.576. The highest BCUT2D eigenvalue weighted by Gasteiger charge is 2.15. The second-order valence-electron chi connectivity index (χ2n) is 6.38. The average Bonchev–Trinajstić information content (AvgIpc) is 3.00. The quantitative estimate of drug-likeness (QED) is 0.723. The third kappa shape index (κ3) is 3.18. The predicted octanol–water partition coefficient (Wildman–Crippen LogP) is 3.90. The Morgan fingerprint density at radius 2 is 1.88 bits per heavy atom. The first-order valence-electron chi connectivity index (χ1n) is 8.24. The average molecular weight is 342 g/mol. The number of halogens is 1. The molecule has 1 aliphatic heterocycles. The molecular weight excluding hydrogens is 322 g/mol. The van der Waals surface area contributed by atoms with Crippen molar-refractivity contribution in [1.29, 1.82) is 0 Å². The first-order chi connectivity index (χ1) is 11.7. The van der Waals surface area contributed by atoms with E-state index in [4.69, 9.17) is 16.0 Å². The molecule has 1 saturated heterocycles. The molecule has 0 amide bonds. The van der Waals surface area contributed by atoms with Crippen LogP contribution in [-0.4, -0.2) is 48.0 Å². The van der Waals surface area contributed by atoms with Crippen LogP contribution in [0.25, 0.3) is 22.6 Å². The second kappa shape index (κ2) is 6.55. The molecular formula is C19H20ClN3O. The SMILES string of the molecule is CN1CCN(Cc2ccc3oc(-c4ccccc4Cl)nc3c2)CC1. The van der Waals surface area contributed by atoms with E-state index in [1.165, 1.54) is 5.56 Å². The maximum absolute atomic E-state index is 6.25. The molecule has 1 aromatic heterocycles. The fraction of sp³-hybridized carbons (Fsp3) is 0.316. The van der Waals surface area contributed by atoms with E-state index >= 15 is 0 Å². The third-order valence-corrected chi connectivity index (χ3v) is 4.89. The van der Waals surface area contributed by atoms with Crippen LogP contribution in [0.5, 0.6) is 0 Å². The molecule has 0 saturated carbocycles. The number of benzene rings is 2. The molecule has 5 heteroatoms. The van der Waals surface area contributed by atoms with Gasteiger partial charge in [-0.25, -0.2) is 4.98 Å². The predicted molar refractivity (Wildman–Crippen MR) is 97.2 cm³/mol. The first kappa shape index (κ1) is 15.6. The van der Waals surface area contributed by atoms with Crippen LogP contribution in [0.2, 0.25) is 5.02 Å². The molecule has 4 nitrogen and oxygen atoms in total. The maximum atomic E-state index is 6.25. The highest BCUT2D eigenvalue weighted by atomic mass is 35.5. The standard InChI is InChI=1S/C19H20ClN3O/c1-22-8-10-23(11-9-22)13-14-6-7-18-17(12-14)21-19(24-18)15-4-2-3-5-16(15)20/h2-7,12H,8-11,13H2,1H3. The lowest BCUT2D eigenvalue weighted by molar-refractivity contribution is 0.148. The van der Waals surface area contributed by atoms with Gasteiger partial charge in [-0.05, 0) is 36.9 Å². The summed E-state index contributed by atoms with van der Waals surface area (Å²) >= 11 is 6.25. The number of rotatable bonds is 3. The normalized spacial score (nSPS) is 16.8. The van der Waals surface area contributed by atoms with Gasteiger partial charge in [0.25, 0.3) is 0 Å². The van der Waals surface area contributed by atoms with E-state index < -0.39 is 0 Å². The fourth-order valence-corrected chi connectivity index (χ4v) is 3.30. The van der Waals surface area contributed by atoms with Crippen molar-refractivity contribution in [2.45, 2.75) is 6.54 Å². The van der Waals surface area contributed by atoms with Gasteiger partial charge in [-0.1, -0.05) is 29.8 Å². The van der Waals surface area contributed by atoms with Crippen LogP contribution in [0.4, 0.5) is 0 Å². The van der Waals surface area contributed by atoms with Crippen molar-refractivity contribution in [2.75, 3.05) is 33.2 Å². The van der Waals surface area contributed by atoms with Crippen molar-refractivity contribution in [1.82, 2.24) is 14.8 Å². The zero-order valence-corrected chi connectivity index (χ0v) is 14.5. The van der Waals surface area contributed by atoms with Crippen LogP contribution in [0.1, 0.15) is 5.56 Å². The molecule has 0 aliphatic carbocycles. The van der Waals surface area contributed by atoms with Gasteiger partial charge >= 0.3 is 0 Å². The summed E-state index contributed by atoms with van der Waals surface area (Å²) in [6.45, 7) is 5.43. The van der Waals surface area contributed by atoms with Crippen molar-refractivity contribution in [2.24, 2.45) is 0 Å². The van der Waals surface area contributed by atoms with Crippen molar-refractivity contribution in [3.8, 4) is 11.5 Å². The van der Waals surface area contributed by atoms with Crippen LogP contribution in [0.3, 0.4) is 0 Å². The minimum atomic E-state index is 0.576. The molecule has 0 atom stereocenters. The molecule has 2 heterocycles. The maximum Gasteiger partial charge on any atom is 0.228 e. The Labute approximate surface area is 146 Å². The molecule has 24 heavy (non-hydrogen) atoms. The Balaban J connectivity index is 1.58. The van der Waals surface area contributed by atoms with Gasteiger partial charge in [-0.3, -0.25) is 4.90 Å². The van der Waals surface area contributed by atoms with Crippen molar-refractivity contribution in [3.63, 3.8) is 0 Å². The van der Waals surface area contributed by atoms with Crippen LogP contribution in [0, 0.1) is 0 Å². The number of aromatic nitrogens is 1. The van der Waals surface area contributed by atoms with E-state index in [9.17, 15) is 0 Å². The fourth-order valence-electron chi connectivity index (χ4n) is 3.09. The molecule has 0 bridgehead atoms. The smallest absolute Gasteiger partial charge is 0.228 e. The van der Waals surface area contributed by atoms with Crippen LogP contribution < -0.4 is 0 Å². The second-order valence-corrected chi connectivity index (χ2v) is 6.79. The summed E-state index contributed by atoms with van der Waals surface area (Å²) in [5, 5.41) is 0.654. The summed E-state index contributed by atoms with van der Waals surface area (Å²) < 4.78 is 5.88. The molecule has 1 aliphatic rings. The molecule has 3 aromatic rings. The van der Waals surface area contributed by atoms with Gasteiger partial charge in [0.2, 0.25) is 5.89 Å². The molecule has 124 valence electrons. The molecule has 0 N–H and O–H groups in total. The summed E-state index contributed by atoms with van der Waals surface area (Å²) in [6.07, 6.45) is 0. The van der Waals surface area contributed by atoms with Crippen LogP contribution in [-0.2, 0) is 6.54 Å². The lowest BCUT2D eigenvalue weighted by Crippen LogP contribution is -2.43. The van der Waals surface area contributed by atoms with Gasteiger partial charge in [-0.15, -0.1) is 0 Å². The topological polar surface area (TPSA) is 32.5 Å². The highest BCUT2D eigenvalue weighted by Crippen LogP contribution is 2.30. The van der Waals surface area contributed by atoms with Gasteiger partial charge in [0.15, 0.2) is 5.58 Å². The Kier molecular flexibility index (Phi) is 4.27. The zero-order valence-electron chi connectivity index (χ0n) is 13.7. The van der Waals surface area contributed by atoms with E-state index in [1.54, 1.807) is 0 Å². The monoisotopic (exact) mass is 341 g/mol. The first-order valence-corrected chi connectivity index (χ1v) is 8.62. The number of hydrogen-bond donors (Lipinski definition) is 0. The number of oxazole rings is 1. The van der Waals surface area contributed by atoms with Gasteiger partial charge in [0.1, 0.15) is 5.52 Å². The van der Waals surface area contributed by atoms with Gasteiger partial charge in [0, 0.05) is 32.7 Å². The molecule has 1 fully saturated rings. The van der Waals surface area contributed by atoms with Crippen molar-refractivity contribution in [3.05, 3.63) is 53.1 Å². The van der Waals surface area contributed by atoms with Crippen LogP contribution in [0.15, 0.2) is 46.9 Å². The molecule has 4 rings (SSSR count).